The Balaban J connectivity index is 2.07. The molecule has 1 fully saturated rings. The molecule has 1 amide bonds. The van der Waals surface area contributed by atoms with Gasteiger partial charge in [0.25, 0.3) is 0 Å². The minimum Gasteiger partial charge on any atom is -0.481 e. The fraction of sp³-hybridized carbons (Fsp3) is 0.500. The molecule has 20 heavy (non-hydrogen) atoms. The van der Waals surface area contributed by atoms with Gasteiger partial charge in [-0.3, -0.25) is 9.59 Å². The molecule has 1 aromatic rings. The van der Waals surface area contributed by atoms with Crippen molar-refractivity contribution in [2.45, 2.75) is 38.6 Å². The zero-order valence-corrected chi connectivity index (χ0v) is 11.9. The maximum absolute atomic E-state index is 12.5. The monoisotopic (exact) mass is 275 g/mol. The molecule has 0 heterocycles. The molecule has 0 radical (unpaired) electrons. The summed E-state index contributed by atoms with van der Waals surface area (Å²) in [6.07, 6.45) is 2.13. The molecule has 108 valence electrons. The Morgan fingerprint density at radius 2 is 1.80 bits per heavy atom. The van der Waals surface area contributed by atoms with Crippen LogP contribution in [0.1, 0.15) is 38.2 Å². The van der Waals surface area contributed by atoms with Crippen LogP contribution in [0.15, 0.2) is 30.3 Å². The van der Waals surface area contributed by atoms with Crippen LogP contribution in [-0.4, -0.2) is 23.0 Å². The second-order valence-electron chi connectivity index (χ2n) is 5.65. The number of carboxylic acid groups (broad SMARTS) is 1. The van der Waals surface area contributed by atoms with Gasteiger partial charge < -0.3 is 10.4 Å². The fourth-order valence-electron chi connectivity index (χ4n) is 2.38. The Kier molecular flexibility index (Phi) is 4.42. The molecule has 0 spiro atoms. The Hall–Kier alpha value is -1.84. The Morgan fingerprint density at radius 1 is 1.20 bits per heavy atom. The van der Waals surface area contributed by atoms with Gasteiger partial charge in [-0.05, 0) is 38.2 Å². The fourth-order valence-corrected chi connectivity index (χ4v) is 2.38. The SMILES string of the molecule is CC(NC(=O)C(c1ccccc1)C1CC1)C(C)C(=O)O. The van der Waals surface area contributed by atoms with E-state index in [9.17, 15) is 9.59 Å². The number of carbonyl (C=O) groups excluding carboxylic acids is 1. The highest BCUT2D eigenvalue weighted by Gasteiger charge is 2.38. The van der Waals surface area contributed by atoms with E-state index >= 15 is 0 Å². The topological polar surface area (TPSA) is 66.4 Å². The van der Waals surface area contributed by atoms with Crippen LogP contribution in [0.2, 0.25) is 0 Å². The number of hydrogen-bond donors (Lipinski definition) is 2. The third-order valence-corrected chi connectivity index (χ3v) is 4.04. The van der Waals surface area contributed by atoms with Gasteiger partial charge in [-0.25, -0.2) is 0 Å². The number of carbonyl (C=O) groups is 2. The van der Waals surface area contributed by atoms with Crippen molar-refractivity contribution in [3.8, 4) is 0 Å². The number of rotatable bonds is 6. The quantitative estimate of drug-likeness (QED) is 0.837. The van der Waals surface area contributed by atoms with Crippen molar-refractivity contribution in [3.05, 3.63) is 35.9 Å². The van der Waals surface area contributed by atoms with Gasteiger partial charge in [0.15, 0.2) is 0 Å². The lowest BCUT2D eigenvalue weighted by Crippen LogP contribution is -2.42. The van der Waals surface area contributed by atoms with Gasteiger partial charge in [0.05, 0.1) is 11.8 Å². The van der Waals surface area contributed by atoms with Crippen molar-refractivity contribution in [3.63, 3.8) is 0 Å². The van der Waals surface area contributed by atoms with Gasteiger partial charge in [-0.2, -0.15) is 0 Å². The van der Waals surface area contributed by atoms with Crippen LogP contribution in [0.5, 0.6) is 0 Å². The van der Waals surface area contributed by atoms with Crippen molar-refractivity contribution in [1.82, 2.24) is 5.32 Å². The minimum atomic E-state index is -0.888. The maximum Gasteiger partial charge on any atom is 0.308 e. The van der Waals surface area contributed by atoms with Gasteiger partial charge in [0.2, 0.25) is 5.91 Å². The molecular weight excluding hydrogens is 254 g/mol. The summed E-state index contributed by atoms with van der Waals surface area (Å²) < 4.78 is 0. The molecule has 3 atom stereocenters. The van der Waals surface area contributed by atoms with E-state index in [1.165, 1.54) is 0 Å². The second-order valence-corrected chi connectivity index (χ2v) is 5.65. The predicted octanol–water partition coefficient (Wildman–Crippen LogP) is 2.41. The van der Waals surface area contributed by atoms with E-state index in [2.05, 4.69) is 5.32 Å². The Labute approximate surface area is 119 Å². The van der Waals surface area contributed by atoms with E-state index < -0.39 is 11.9 Å². The smallest absolute Gasteiger partial charge is 0.308 e. The Morgan fingerprint density at radius 3 is 2.30 bits per heavy atom. The number of aliphatic carboxylic acids is 1. The first-order valence-electron chi connectivity index (χ1n) is 7.09. The number of hydrogen-bond acceptors (Lipinski definition) is 2. The second kappa shape index (κ2) is 6.07. The number of nitrogens with one attached hydrogen (secondary N) is 1. The average molecular weight is 275 g/mol. The molecule has 4 heteroatoms. The molecule has 1 aromatic carbocycles. The van der Waals surface area contributed by atoms with Crippen LogP contribution < -0.4 is 5.32 Å². The van der Waals surface area contributed by atoms with Crippen LogP contribution in [-0.2, 0) is 9.59 Å². The zero-order chi connectivity index (χ0) is 14.7. The summed E-state index contributed by atoms with van der Waals surface area (Å²) in [5.74, 6) is -1.29. The van der Waals surface area contributed by atoms with Gasteiger partial charge in [0.1, 0.15) is 0 Å². The molecule has 1 saturated carbocycles. The van der Waals surface area contributed by atoms with E-state index in [-0.39, 0.29) is 17.9 Å². The summed E-state index contributed by atoms with van der Waals surface area (Å²) in [6.45, 7) is 3.35. The highest BCUT2D eigenvalue weighted by atomic mass is 16.4. The first-order valence-corrected chi connectivity index (χ1v) is 7.09. The molecule has 1 aliphatic carbocycles. The summed E-state index contributed by atoms with van der Waals surface area (Å²) in [5.41, 5.74) is 1.02. The summed E-state index contributed by atoms with van der Waals surface area (Å²) in [6, 6.07) is 9.36. The highest BCUT2D eigenvalue weighted by Crippen LogP contribution is 2.42. The summed E-state index contributed by atoms with van der Waals surface area (Å²) in [4.78, 5) is 23.4. The third kappa shape index (κ3) is 3.38. The summed E-state index contributed by atoms with van der Waals surface area (Å²) in [7, 11) is 0. The van der Waals surface area contributed by atoms with E-state index in [4.69, 9.17) is 5.11 Å². The average Bonchev–Trinajstić information content (AvgIpc) is 3.23. The Bertz CT molecular complexity index is 482. The lowest BCUT2D eigenvalue weighted by Gasteiger charge is -2.22. The molecule has 2 N–H and O–H groups in total. The summed E-state index contributed by atoms with van der Waals surface area (Å²) >= 11 is 0. The molecule has 2 rings (SSSR count). The summed E-state index contributed by atoms with van der Waals surface area (Å²) in [5, 5.41) is 11.9. The lowest BCUT2D eigenvalue weighted by molar-refractivity contribution is -0.142. The van der Waals surface area contributed by atoms with Crippen LogP contribution in [0.25, 0.3) is 0 Å². The van der Waals surface area contributed by atoms with E-state index in [1.54, 1.807) is 13.8 Å². The molecule has 0 saturated heterocycles. The van der Waals surface area contributed by atoms with Gasteiger partial charge in [-0.15, -0.1) is 0 Å². The highest BCUT2D eigenvalue weighted by molar-refractivity contribution is 5.85. The number of carboxylic acids is 1. The molecule has 0 bridgehead atoms. The van der Waals surface area contributed by atoms with E-state index in [0.717, 1.165) is 18.4 Å². The zero-order valence-electron chi connectivity index (χ0n) is 11.9. The normalized spacial score (nSPS) is 18.9. The number of amides is 1. The van der Waals surface area contributed by atoms with E-state index in [0.29, 0.717) is 5.92 Å². The van der Waals surface area contributed by atoms with Crippen molar-refractivity contribution in [1.29, 1.82) is 0 Å². The van der Waals surface area contributed by atoms with Gasteiger partial charge in [-0.1, -0.05) is 30.3 Å². The standard InChI is InChI=1S/C16H21NO3/c1-10(16(19)20)11(2)17-15(18)14(13-8-9-13)12-6-4-3-5-7-12/h3-7,10-11,13-14H,8-9H2,1-2H3,(H,17,18)(H,19,20). The maximum atomic E-state index is 12.5. The molecular formula is C16H21NO3. The molecule has 0 aliphatic heterocycles. The minimum absolute atomic E-state index is 0.0562. The van der Waals surface area contributed by atoms with Gasteiger partial charge in [0, 0.05) is 6.04 Å². The number of benzene rings is 1. The predicted molar refractivity (Wildman–Crippen MR) is 76.3 cm³/mol. The molecule has 3 unspecified atom stereocenters. The van der Waals surface area contributed by atoms with Crippen LogP contribution in [0.4, 0.5) is 0 Å². The molecule has 1 aliphatic rings. The van der Waals surface area contributed by atoms with Gasteiger partial charge >= 0.3 is 5.97 Å². The lowest BCUT2D eigenvalue weighted by atomic mass is 9.92. The van der Waals surface area contributed by atoms with Crippen LogP contribution in [0.3, 0.4) is 0 Å². The van der Waals surface area contributed by atoms with Crippen LogP contribution in [0, 0.1) is 11.8 Å². The van der Waals surface area contributed by atoms with E-state index in [1.807, 2.05) is 30.3 Å². The molecule has 4 nitrogen and oxygen atoms in total. The first kappa shape index (κ1) is 14.6. The van der Waals surface area contributed by atoms with Crippen molar-refractivity contribution in [2.75, 3.05) is 0 Å². The largest absolute Gasteiger partial charge is 0.481 e. The van der Waals surface area contributed by atoms with Crippen molar-refractivity contribution >= 4 is 11.9 Å². The first-order chi connectivity index (χ1) is 9.50. The van der Waals surface area contributed by atoms with Crippen LogP contribution >= 0.6 is 0 Å². The molecule has 0 aromatic heterocycles. The van der Waals surface area contributed by atoms with Crippen molar-refractivity contribution in [2.24, 2.45) is 11.8 Å². The third-order valence-electron chi connectivity index (χ3n) is 4.04. The van der Waals surface area contributed by atoms with Crippen molar-refractivity contribution < 1.29 is 14.7 Å².